The smallest absolute Gasteiger partial charge is 0.0352 e. The molecule has 0 aromatic heterocycles. The Kier molecular flexibility index (Phi) is 4.41. The predicted molar refractivity (Wildman–Crippen MR) is 62.4 cm³/mol. The Labute approximate surface area is 86.8 Å². The summed E-state index contributed by atoms with van der Waals surface area (Å²) in [7, 11) is 1.99. The first-order valence-electron chi connectivity index (χ1n) is 5.18. The predicted octanol–water partition coefficient (Wildman–Crippen LogP) is 3.09. The van der Waals surface area contributed by atoms with Crippen molar-refractivity contribution < 1.29 is 0 Å². The highest BCUT2D eigenvalue weighted by Gasteiger charge is 2.06. The summed E-state index contributed by atoms with van der Waals surface area (Å²) in [6, 6.07) is 9.14. The maximum atomic E-state index is 3.78. The summed E-state index contributed by atoms with van der Waals surface area (Å²) in [6.07, 6.45) is 4.03. The van der Waals surface area contributed by atoms with E-state index in [1.165, 1.54) is 11.1 Å². The number of hydrogen-bond acceptors (Lipinski definition) is 1. The topological polar surface area (TPSA) is 12.0 Å². The maximum Gasteiger partial charge on any atom is 0.0352 e. The molecule has 1 N–H and O–H groups in total. The zero-order chi connectivity index (χ0) is 10.4. The van der Waals surface area contributed by atoms with Crippen LogP contribution in [0.2, 0.25) is 0 Å². The minimum atomic E-state index is 0.402. The molecule has 0 aliphatic rings. The Morgan fingerprint density at radius 1 is 1.50 bits per heavy atom. The SMILES string of the molecule is C=CCC(NC)c1cccc(CC)c1. The number of aryl methyl sites for hydroxylation is 1. The first kappa shape index (κ1) is 11.0. The molecule has 0 radical (unpaired) electrons. The first-order valence-corrected chi connectivity index (χ1v) is 5.18. The maximum absolute atomic E-state index is 3.78. The summed E-state index contributed by atoms with van der Waals surface area (Å²) in [5, 5.41) is 3.30. The molecule has 0 fully saturated rings. The lowest BCUT2D eigenvalue weighted by Gasteiger charge is -2.15. The van der Waals surface area contributed by atoms with Crippen LogP contribution in [0.4, 0.5) is 0 Å². The lowest BCUT2D eigenvalue weighted by molar-refractivity contribution is 0.603. The van der Waals surface area contributed by atoms with Crippen LogP contribution in [0, 0.1) is 0 Å². The van der Waals surface area contributed by atoms with Crippen LogP contribution in [0.15, 0.2) is 36.9 Å². The zero-order valence-corrected chi connectivity index (χ0v) is 9.09. The zero-order valence-electron chi connectivity index (χ0n) is 9.09. The van der Waals surface area contributed by atoms with Gasteiger partial charge in [0.2, 0.25) is 0 Å². The van der Waals surface area contributed by atoms with Crippen molar-refractivity contribution in [3.63, 3.8) is 0 Å². The van der Waals surface area contributed by atoms with E-state index in [2.05, 4.69) is 43.1 Å². The molecule has 0 bridgehead atoms. The standard InChI is InChI=1S/C13H19N/c1-4-7-13(14-3)12-9-6-8-11(5-2)10-12/h4,6,8-10,13-14H,1,5,7H2,2-3H3. The monoisotopic (exact) mass is 189 g/mol. The number of hydrogen-bond donors (Lipinski definition) is 1. The van der Waals surface area contributed by atoms with Crippen LogP contribution in [-0.2, 0) is 6.42 Å². The van der Waals surface area contributed by atoms with E-state index >= 15 is 0 Å². The Hall–Kier alpha value is -1.08. The summed E-state index contributed by atoms with van der Waals surface area (Å²) < 4.78 is 0. The van der Waals surface area contributed by atoms with Crippen LogP contribution >= 0.6 is 0 Å². The minimum Gasteiger partial charge on any atom is -0.313 e. The second-order valence-corrected chi connectivity index (χ2v) is 3.46. The van der Waals surface area contributed by atoms with Crippen molar-refractivity contribution in [2.24, 2.45) is 0 Å². The lowest BCUT2D eigenvalue weighted by Crippen LogP contribution is -2.15. The summed E-state index contributed by atoms with van der Waals surface area (Å²) >= 11 is 0. The molecule has 0 saturated carbocycles. The van der Waals surface area contributed by atoms with Crippen molar-refractivity contribution in [1.29, 1.82) is 0 Å². The van der Waals surface area contributed by atoms with Gasteiger partial charge in [-0.15, -0.1) is 6.58 Å². The molecule has 1 rings (SSSR count). The average molecular weight is 189 g/mol. The normalized spacial score (nSPS) is 12.4. The van der Waals surface area contributed by atoms with Crippen LogP contribution in [0.1, 0.15) is 30.5 Å². The van der Waals surface area contributed by atoms with E-state index in [0.29, 0.717) is 6.04 Å². The van der Waals surface area contributed by atoms with Gasteiger partial charge in [0.15, 0.2) is 0 Å². The molecule has 0 amide bonds. The molecule has 0 aliphatic heterocycles. The first-order chi connectivity index (χ1) is 6.81. The highest BCUT2D eigenvalue weighted by molar-refractivity contribution is 5.26. The van der Waals surface area contributed by atoms with E-state index in [0.717, 1.165) is 12.8 Å². The largest absolute Gasteiger partial charge is 0.313 e. The highest BCUT2D eigenvalue weighted by atomic mass is 14.9. The molecular weight excluding hydrogens is 170 g/mol. The third-order valence-corrected chi connectivity index (χ3v) is 2.51. The van der Waals surface area contributed by atoms with Crippen molar-refractivity contribution in [2.75, 3.05) is 7.05 Å². The molecular formula is C13H19N. The Balaban J connectivity index is 2.85. The van der Waals surface area contributed by atoms with E-state index in [9.17, 15) is 0 Å². The van der Waals surface area contributed by atoms with E-state index in [4.69, 9.17) is 0 Å². The molecule has 76 valence electrons. The minimum absolute atomic E-state index is 0.402. The Morgan fingerprint density at radius 3 is 2.86 bits per heavy atom. The van der Waals surface area contributed by atoms with Gasteiger partial charge >= 0.3 is 0 Å². The van der Waals surface area contributed by atoms with Crippen molar-refractivity contribution in [1.82, 2.24) is 5.32 Å². The molecule has 1 heteroatoms. The third-order valence-electron chi connectivity index (χ3n) is 2.51. The second kappa shape index (κ2) is 5.61. The molecule has 14 heavy (non-hydrogen) atoms. The quantitative estimate of drug-likeness (QED) is 0.702. The molecule has 0 heterocycles. The van der Waals surface area contributed by atoms with Crippen molar-refractivity contribution >= 4 is 0 Å². The summed E-state index contributed by atoms with van der Waals surface area (Å²) in [4.78, 5) is 0. The molecule has 0 spiro atoms. The summed E-state index contributed by atoms with van der Waals surface area (Å²) in [5.74, 6) is 0. The van der Waals surface area contributed by atoms with Gasteiger partial charge in [0, 0.05) is 6.04 Å². The molecule has 1 aromatic carbocycles. The van der Waals surface area contributed by atoms with Crippen LogP contribution < -0.4 is 5.32 Å². The van der Waals surface area contributed by atoms with Gasteiger partial charge in [-0.2, -0.15) is 0 Å². The van der Waals surface area contributed by atoms with Gasteiger partial charge < -0.3 is 5.32 Å². The van der Waals surface area contributed by atoms with Gasteiger partial charge in [0.1, 0.15) is 0 Å². The van der Waals surface area contributed by atoms with Gasteiger partial charge in [-0.05, 0) is 31.0 Å². The number of benzene rings is 1. The van der Waals surface area contributed by atoms with E-state index < -0.39 is 0 Å². The van der Waals surface area contributed by atoms with Crippen molar-refractivity contribution in [2.45, 2.75) is 25.8 Å². The number of nitrogens with one attached hydrogen (secondary N) is 1. The average Bonchev–Trinajstić information content (AvgIpc) is 2.26. The molecule has 1 unspecified atom stereocenters. The molecule has 0 aliphatic carbocycles. The van der Waals surface area contributed by atoms with Crippen LogP contribution in [0.25, 0.3) is 0 Å². The van der Waals surface area contributed by atoms with Crippen LogP contribution in [-0.4, -0.2) is 7.05 Å². The van der Waals surface area contributed by atoms with Gasteiger partial charge in [-0.25, -0.2) is 0 Å². The molecule has 1 aromatic rings. The summed E-state index contributed by atoms with van der Waals surface area (Å²) in [5.41, 5.74) is 2.75. The van der Waals surface area contributed by atoms with Gasteiger partial charge in [0.05, 0.1) is 0 Å². The van der Waals surface area contributed by atoms with Gasteiger partial charge in [-0.3, -0.25) is 0 Å². The van der Waals surface area contributed by atoms with Crippen LogP contribution in [0.3, 0.4) is 0 Å². The molecule has 1 nitrogen and oxygen atoms in total. The van der Waals surface area contributed by atoms with Gasteiger partial charge in [0.25, 0.3) is 0 Å². The van der Waals surface area contributed by atoms with E-state index in [1.54, 1.807) is 0 Å². The van der Waals surface area contributed by atoms with Crippen LogP contribution in [0.5, 0.6) is 0 Å². The second-order valence-electron chi connectivity index (χ2n) is 3.46. The highest BCUT2D eigenvalue weighted by Crippen LogP contribution is 2.18. The van der Waals surface area contributed by atoms with E-state index in [-0.39, 0.29) is 0 Å². The van der Waals surface area contributed by atoms with Gasteiger partial charge in [-0.1, -0.05) is 37.3 Å². The number of rotatable bonds is 5. The fraction of sp³-hybridized carbons (Fsp3) is 0.385. The Morgan fingerprint density at radius 2 is 2.29 bits per heavy atom. The Bertz CT molecular complexity index is 291. The third kappa shape index (κ3) is 2.71. The van der Waals surface area contributed by atoms with Crippen molar-refractivity contribution in [3.8, 4) is 0 Å². The fourth-order valence-electron chi connectivity index (χ4n) is 1.62. The van der Waals surface area contributed by atoms with Crippen molar-refractivity contribution in [3.05, 3.63) is 48.0 Å². The summed E-state index contributed by atoms with van der Waals surface area (Å²) in [6.45, 7) is 5.96. The lowest BCUT2D eigenvalue weighted by atomic mass is 10.0. The fourth-order valence-corrected chi connectivity index (χ4v) is 1.62. The molecule has 1 atom stereocenters. The van der Waals surface area contributed by atoms with E-state index in [1.807, 2.05) is 13.1 Å². The molecule has 0 saturated heterocycles.